The molecule has 0 spiro atoms. The molecule has 1 unspecified atom stereocenters. The molecular weight excluding hydrogens is 342 g/mol. The molecule has 6 heteroatoms. The van der Waals surface area contributed by atoms with Gasteiger partial charge in [0, 0.05) is 23.7 Å². The Balaban J connectivity index is 1.64. The summed E-state index contributed by atoms with van der Waals surface area (Å²) in [5.74, 6) is -0.904. The van der Waals surface area contributed by atoms with Crippen LogP contribution in [0, 0.1) is 5.92 Å². The average molecular weight is 360 g/mol. The van der Waals surface area contributed by atoms with E-state index in [2.05, 4.69) is 0 Å². The van der Waals surface area contributed by atoms with Crippen molar-refractivity contribution in [3.63, 3.8) is 0 Å². The Labute approximate surface area is 150 Å². The first-order valence-electron chi connectivity index (χ1n) is 8.02. The number of carboxylic acid groups (broad SMARTS) is 1. The summed E-state index contributed by atoms with van der Waals surface area (Å²) in [6, 6.07) is 14.3. The van der Waals surface area contributed by atoms with Gasteiger partial charge >= 0.3 is 5.97 Å². The van der Waals surface area contributed by atoms with Crippen LogP contribution in [-0.2, 0) is 11.4 Å². The Hall–Kier alpha value is -2.53. The fraction of sp³-hybridized carbons (Fsp3) is 0.263. The highest BCUT2D eigenvalue weighted by Crippen LogP contribution is 2.21. The maximum atomic E-state index is 12.5. The number of carbonyl (C=O) groups excluding carboxylic acids is 1. The van der Waals surface area contributed by atoms with Gasteiger partial charge < -0.3 is 14.7 Å². The predicted octanol–water partition coefficient (Wildman–Crippen LogP) is 3.47. The number of halogens is 1. The van der Waals surface area contributed by atoms with Crippen LogP contribution in [-0.4, -0.2) is 35.0 Å². The molecule has 25 heavy (non-hydrogen) atoms. The molecule has 1 saturated heterocycles. The van der Waals surface area contributed by atoms with Gasteiger partial charge in [-0.3, -0.25) is 9.59 Å². The van der Waals surface area contributed by atoms with Crippen molar-refractivity contribution >= 4 is 23.5 Å². The molecule has 0 aromatic heterocycles. The van der Waals surface area contributed by atoms with E-state index >= 15 is 0 Å². The smallest absolute Gasteiger partial charge is 0.308 e. The third-order valence-electron chi connectivity index (χ3n) is 4.22. The minimum Gasteiger partial charge on any atom is -0.489 e. The van der Waals surface area contributed by atoms with Crippen LogP contribution in [0.5, 0.6) is 5.75 Å². The van der Waals surface area contributed by atoms with Gasteiger partial charge in [-0.05, 0) is 42.3 Å². The molecule has 2 aromatic carbocycles. The average Bonchev–Trinajstić information content (AvgIpc) is 3.11. The van der Waals surface area contributed by atoms with Gasteiger partial charge in [0.05, 0.1) is 5.92 Å². The molecule has 1 heterocycles. The van der Waals surface area contributed by atoms with E-state index in [-0.39, 0.29) is 12.5 Å². The molecule has 0 aliphatic carbocycles. The van der Waals surface area contributed by atoms with Gasteiger partial charge in [-0.15, -0.1) is 0 Å². The molecule has 1 aliphatic heterocycles. The number of benzene rings is 2. The Bertz CT molecular complexity index is 775. The summed E-state index contributed by atoms with van der Waals surface area (Å²) in [7, 11) is 0. The van der Waals surface area contributed by atoms with Crippen LogP contribution in [0.15, 0.2) is 48.5 Å². The lowest BCUT2D eigenvalue weighted by molar-refractivity contribution is -0.141. The Kier molecular flexibility index (Phi) is 5.24. The molecule has 130 valence electrons. The van der Waals surface area contributed by atoms with Gasteiger partial charge in [0.1, 0.15) is 12.4 Å². The number of nitrogens with zero attached hydrogens (tertiary/aromatic N) is 1. The van der Waals surface area contributed by atoms with E-state index in [1.165, 1.54) is 0 Å². The second-order valence-electron chi connectivity index (χ2n) is 6.02. The number of likely N-dealkylation sites (tertiary alicyclic amines) is 1. The zero-order valence-corrected chi connectivity index (χ0v) is 14.3. The molecule has 1 amide bonds. The number of rotatable bonds is 5. The van der Waals surface area contributed by atoms with Crippen LogP contribution >= 0.6 is 11.6 Å². The van der Waals surface area contributed by atoms with E-state index in [1.807, 2.05) is 12.1 Å². The van der Waals surface area contributed by atoms with E-state index < -0.39 is 11.9 Å². The van der Waals surface area contributed by atoms with Crippen LogP contribution in [0.2, 0.25) is 5.02 Å². The molecule has 1 N–H and O–H groups in total. The summed E-state index contributed by atoms with van der Waals surface area (Å²) >= 11 is 5.86. The summed E-state index contributed by atoms with van der Waals surface area (Å²) < 4.78 is 5.74. The summed E-state index contributed by atoms with van der Waals surface area (Å²) in [6.45, 7) is 1.09. The zero-order chi connectivity index (χ0) is 17.8. The first-order chi connectivity index (χ1) is 12.0. The highest BCUT2D eigenvalue weighted by molar-refractivity contribution is 6.30. The quantitative estimate of drug-likeness (QED) is 0.887. The molecule has 0 saturated carbocycles. The highest BCUT2D eigenvalue weighted by atomic mass is 35.5. The third kappa shape index (κ3) is 4.31. The van der Waals surface area contributed by atoms with Crippen molar-refractivity contribution in [1.29, 1.82) is 0 Å². The van der Waals surface area contributed by atoms with Crippen molar-refractivity contribution in [2.45, 2.75) is 13.0 Å². The minimum atomic E-state index is -0.852. The molecular formula is C19H18ClNO4. The van der Waals surface area contributed by atoms with Crippen molar-refractivity contribution in [1.82, 2.24) is 4.90 Å². The second-order valence-corrected chi connectivity index (χ2v) is 6.45. The maximum absolute atomic E-state index is 12.5. The fourth-order valence-electron chi connectivity index (χ4n) is 2.80. The lowest BCUT2D eigenvalue weighted by Gasteiger charge is -2.16. The third-order valence-corrected chi connectivity index (χ3v) is 4.48. The highest BCUT2D eigenvalue weighted by Gasteiger charge is 2.31. The standard InChI is InChI=1S/C19H18ClNO4/c20-16-6-4-13(5-7-16)12-25-17-3-1-2-14(10-17)18(22)21-9-8-15(11-21)19(23)24/h1-7,10,15H,8-9,11-12H2,(H,23,24). The van der Waals surface area contributed by atoms with E-state index in [1.54, 1.807) is 41.3 Å². The summed E-state index contributed by atoms with van der Waals surface area (Å²) in [5, 5.41) is 9.72. The molecule has 2 aromatic rings. The molecule has 0 bridgehead atoms. The molecule has 5 nitrogen and oxygen atoms in total. The first-order valence-corrected chi connectivity index (χ1v) is 8.40. The van der Waals surface area contributed by atoms with E-state index in [0.717, 1.165) is 5.56 Å². The second kappa shape index (κ2) is 7.57. The topological polar surface area (TPSA) is 66.8 Å². The largest absolute Gasteiger partial charge is 0.489 e. The molecule has 1 fully saturated rings. The van der Waals surface area contributed by atoms with E-state index in [9.17, 15) is 9.59 Å². The molecule has 1 atom stereocenters. The number of hydrogen-bond donors (Lipinski definition) is 1. The lowest BCUT2D eigenvalue weighted by atomic mass is 10.1. The van der Waals surface area contributed by atoms with Crippen molar-refractivity contribution in [2.75, 3.05) is 13.1 Å². The van der Waals surface area contributed by atoms with Crippen LogP contribution in [0.1, 0.15) is 22.3 Å². The van der Waals surface area contributed by atoms with Crippen LogP contribution in [0.3, 0.4) is 0 Å². The van der Waals surface area contributed by atoms with E-state index in [0.29, 0.717) is 35.9 Å². The number of aliphatic carboxylic acids is 1. The number of hydrogen-bond acceptors (Lipinski definition) is 3. The molecule has 1 aliphatic rings. The maximum Gasteiger partial charge on any atom is 0.308 e. The summed E-state index contributed by atoms with van der Waals surface area (Å²) in [6.07, 6.45) is 0.494. The normalized spacial score (nSPS) is 16.7. The fourth-order valence-corrected chi connectivity index (χ4v) is 2.92. The number of carboxylic acids is 1. The van der Waals surface area contributed by atoms with Crippen LogP contribution < -0.4 is 4.74 Å². The van der Waals surface area contributed by atoms with Crippen molar-refractivity contribution in [2.24, 2.45) is 5.92 Å². The predicted molar refractivity (Wildman–Crippen MR) is 93.9 cm³/mol. The van der Waals surface area contributed by atoms with E-state index in [4.69, 9.17) is 21.4 Å². The SMILES string of the molecule is O=C(O)C1CCN(C(=O)c2cccc(OCc3ccc(Cl)cc3)c2)C1. The molecule has 3 rings (SSSR count). The van der Waals surface area contributed by atoms with Gasteiger partial charge in [0.2, 0.25) is 0 Å². The minimum absolute atomic E-state index is 0.166. The molecule has 0 radical (unpaired) electrons. The van der Waals surface area contributed by atoms with Gasteiger partial charge in [0.15, 0.2) is 0 Å². The summed E-state index contributed by atoms with van der Waals surface area (Å²) in [4.78, 5) is 25.2. The van der Waals surface area contributed by atoms with Gasteiger partial charge in [-0.2, -0.15) is 0 Å². The van der Waals surface area contributed by atoms with Crippen molar-refractivity contribution in [3.05, 3.63) is 64.7 Å². The van der Waals surface area contributed by atoms with Crippen LogP contribution in [0.4, 0.5) is 0 Å². The monoisotopic (exact) mass is 359 g/mol. The Morgan fingerprint density at radius 3 is 2.64 bits per heavy atom. The van der Waals surface area contributed by atoms with Gasteiger partial charge in [-0.1, -0.05) is 29.8 Å². The number of amides is 1. The van der Waals surface area contributed by atoms with Gasteiger partial charge in [0.25, 0.3) is 5.91 Å². The van der Waals surface area contributed by atoms with Crippen LogP contribution in [0.25, 0.3) is 0 Å². The zero-order valence-electron chi connectivity index (χ0n) is 13.5. The lowest BCUT2D eigenvalue weighted by Crippen LogP contribution is -2.29. The Morgan fingerprint density at radius 1 is 1.20 bits per heavy atom. The Morgan fingerprint density at radius 2 is 1.96 bits per heavy atom. The van der Waals surface area contributed by atoms with Gasteiger partial charge in [-0.25, -0.2) is 0 Å². The van der Waals surface area contributed by atoms with Crippen molar-refractivity contribution in [3.8, 4) is 5.75 Å². The summed E-state index contributed by atoms with van der Waals surface area (Å²) in [5.41, 5.74) is 1.48. The number of ether oxygens (including phenoxy) is 1. The van der Waals surface area contributed by atoms with Crippen molar-refractivity contribution < 1.29 is 19.4 Å². The number of carbonyl (C=O) groups is 2. The first kappa shape index (κ1) is 17.3.